The van der Waals surface area contributed by atoms with Crippen LogP contribution >= 0.6 is 278 Å². The topological polar surface area (TPSA) is 0 Å². The predicted molar refractivity (Wildman–Crippen MR) is 182 cm³/mol. The maximum Gasteiger partial charge on any atom is 0.198 e. The molecule has 6 aliphatic carbocycles. The molecule has 6 fully saturated rings. The van der Waals surface area contributed by atoms with Gasteiger partial charge in [0.15, 0.2) is 30.3 Å². The molecule has 0 N–H and O–H groups in total. The minimum atomic E-state index is -2.82. The molecule has 0 aromatic carbocycles. The van der Waals surface area contributed by atoms with E-state index in [4.69, 9.17) is 278 Å². The fourth-order valence-electron chi connectivity index (χ4n) is 11.5. The molecule has 6 saturated carbocycles. The maximum atomic E-state index is 6.74. The van der Waals surface area contributed by atoms with E-state index in [1.807, 2.05) is 0 Å². The molecule has 0 aromatic rings. The van der Waals surface area contributed by atoms with E-state index in [0.29, 0.717) is 0 Å². The largest absolute Gasteiger partial charge is 0.198 e. The van der Waals surface area contributed by atoms with Gasteiger partial charge in [0.05, 0.1) is 43.3 Å². The first-order valence-corrected chi connectivity index (χ1v) is 18.6. The van der Waals surface area contributed by atoms with Crippen molar-refractivity contribution in [1.29, 1.82) is 0 Å². The van der Waals surface area contributed by atoms with E-state index in [1.165, 1.54) is 0 Å². The Morgan fingerprint density at radius 1 is 0.150 bits per heavy atom. The Hall–Kier alpha value is 6.96. The van der Waals surface area contributed by atoms with Gasteiger partial charge in [-0.1, -0.05) is 278 Å². The second-order valence-corrected chi connectivity index (χ2v) is 28.2. The number of alkyl halides is 24. The molecule has 24 heteroatoms. The monoisotopic (exact) mass is 1030 g/mol. The number of halogens is 24. The fourth-order valence-corrected chi connectivity index (χ4v) is 21.7. The van der Waals surface area contributed by atoms with Crippen LogP contribution in [0.25, 0.3) is 0 Å². The van der Waals surface area contributed by atoms with E-state index in [9.17, 15) is 0 Å². The van der Waals surface area contributed by atoms with E-state index in [2.05, 4.69) is 0 Å². The molecule has 0 atom stereocenters. The molecular formula is C16Cl24. The van der Waals surface area contributed by atoms with E-state index >= 15 is 0 Å². The summed E-state index contributed by atoms with van der Waals surface area (Å²) in [5, 5.41) is 0. The second kappa shape index (κ2) is 8.76. The first-order chi connectivity index (χ1) is 17.0. The van der Waals surface area contributed by atoms with Gasteiger partial charge in [-0.15, -0.1) is 0 Å². The van der Waals surface area contributed by atoms with Crippen molar-refractivity contribution in [3.8, 4) is 0 Å². The normalized spacial score (nSPS) is 49.8. The van der Waals surface area contributed by atoms with Crippen LogP contribution in [-0.4, -0.2) is 30.3 Å². The SMILES string of the molecule is ClC(Cl)(Cl)C12C3(C(Cl)(Cl)Cl)C4(C(Cl)(Cl)Cl)C1(C(Cl)(Cl)Cl)C1(C(Cl)(Cl)Cl)C2(C(Cl)(Cl)Cl)C3(C(Cl)(Cl)Cl)C41C(Cl)(Cl)Cl. The van der Waals surface area contributed by atoms with Crippen LogP contribution in [-0.2, 0) is 0 Å². The molecule has 0 heterocycles. The molecule has 0 radical (unpaired) electrons. The highest BCUT2D eigenvalue weighted by Gasteiger charge is 3.48. The first-order valence-electron chi connectivity index (χ1n) is 9.54. The highest BCUT2D eigenvalue weighted by molar-refractivity contribution is 6.80. The summed E-state index contributed by atoms with van der Waals surface area (Å²) in [6, 6.07) is 0. The smallest absolute Gasteiger partial charge is 0.0830 e. The van der Waals surface area contributed by atoms with Gasteiger partial charge >= 0.3 is 0 Å². The first kappa shape index (κ1) is 38.2. The lowest BCUT2D eigenvalue weighted by atomic mass is 8.70. The van der Waals surface area contributed by atoms with Crippen LogP contribution in [0.4, 0.5) is 0 Å². The molecule has 6 aliphatic rings. The minimum absolute atomic E-state index is 2.58. The van der Waals surface area contributed by atoms with Crippen molar-refractivity contribution in [3.05, 3.63) is 0 Å². The van der Waals surface area contributed by atoms with Crippen molar-refractivity contribution in [2.45, 2.75) is 30.3 Å². The molecule has 0 saturated heterocycles. The molecule has 232 valence electrons. The summed E-state index contributed by atoms with van der Waals surface area (Å²) in [5.74, 6) is 0. The highest BCUT2D eigenvalue weighted by atomic mass is 35.6. The van der Waals surface area contributed by atoms with Crippen molar-refractivity contribution in [2.75, 3.05) is 0 Å². The number of hydrogen-bond donors (Lipinski definition) is 0. The standard InChI is InChI=1S/C16Cl24/c17-9(18,19)1-2(10(20,21)22)5(13(29,30)31)3(1,11(23,24)25)7(15(35,36)37)4(1,12(26,27)28)6(2,14(32,33)34)8(5,7)16(38,39)40. The van der Waals surface area contributed by atoms with Crippen molar-refractivity contribution in [1.82, 2.24) is 0 Å². The van der Waals surface area contributed by atoms with E-state index < -0.39 is 73.7 Å². The Bertz CT molecular complexity index is 863. The van der Waals surface area contributed by atoms with Gasteiger partial charge in [-0.3, -0.25) is 0 Å². The van der Waals surface area contributed by atoms with E-state index in [0.717, 1.165) is 0 Å². The Kier molecular flexibility index (Phi) is 8.37. The molecule has 40 heavy (non-hydrogen) atoms. The van der Waals surface area contributed by atoms with Crippen LogP contribution in [0.3, 0.4) is 0 Å². The Labute approximate surface area is 346 Å². The molecule has 6 rings (SSSR count). The van der Waals surface area contributed by atoms with Crippen molar-refractivity contribution >= 4 is 278 Å². The Morgan fingerprint density at radius 3 is 0.225 bits per heavy atom. The summed E-state index contributed by atoms with van der Waals surface area (Å²) in [6.07, 6.45) is 0. The zero-order chi connectivity index (χ0) is 32.0. The Balaban J connectivity index is 2.27. The molecule has 0 nitrogen and oxygen atoms in total. The number of hydrogen-bond acceptors (Lipinski definition) is 0. The van der Waals surface area contributed by atoms with Crippen LogP contribution in [0.15, 0.2) is 0 Å². The average molecular weight is 1040 g/mol. The Morgan fingerprint density at radius 2 is 0.200 bits per heavy atom. The van der Waals surface area contributed by atoms with Gasteiger partial charge in [0.25, 0.3) is 0 Å². The summed E-state index contributed by atoms with van der Waals surface area (Å²) in [7, 11) is 0. The van der Waals surface area contributed by atoms with Crippen LogP contribution in [0.5, 0.6) is 0 Å². The van der Waals surface area contributed by atoms with Crippen LogP contribution < -0.4 is 0 Å². The summed E-state index contributed by atoms with van der Waals surface area (Å²) < 4.78 is -22.5. The van der Waals surface area contributed by atoms with Gasteiger partial charge < -0.3 is 0 Å². The number of rotatable bonds is 0. The van der Waals surface area contributed by atoms with Gasteiger partial charge in [-0.25, -0.2) is 0 Å². The van der Waals surface area contributed by atoms with Crippen molar-refractivity contribution < 1.29 is 0 Å². The van der Waals surface area contributed by atoms with Crippen molar-refractivity contribution in [3.63, 3.8) is 0 Å². The third-order valence-corrected chi connectivity index (χ3v) is 17.0. The molecule has 0 spiro atoms. The lowest BCUT2D eigenvalue weighted by Gasteiger charge is -3.33. The molecule has 0 unspecified atom stereocenters. The van der Waals surface area contributed by atoms with Gasteiger partial charge in [0.1, 0.15) is 0 Å². The van der Waals surface area contributed by atoms with Gasteiger partial charge in [-0.05, 0) is 0 Å². The lowest BCUT2D eigenvalue weighted by Crippen LogP contribution is -3.40. The molecule has 0 amide bonds. The molecule has 0 aliphatic heterocycles. The van der Waals surface area contributed by atoms with E-state index in [1.54, 1.807) is 0 Å². The van der Waals surface area contributed by atoms with Gasteiger partial charge in [-0.2, -0.15) is 0 Å². The van der Waals surface area contributed by atoms with Crippen LogP contribution in [0.2, 0.25) is 0 Å². The van der Waals surface area contributed by atoms with Gasteiger partial charge in [0.2, 0.25) is 0 Å². The highest BCUT2D eigenvalue weighted by Crippen LogP contribution is 3.42. The van der Waals surface area contributed by atoms with Crippen molar-refractivity contribution in [2.24, 2.45) is 43.3 Å². The summed E-state index contributed by atoms with van der Waals surface area (Å²) in [5.41, 5.74) is -20.7. The lowest BCUT2D eigenvalue weighted by molar-refractivity contribution is -0.880. The zero-order valence-electron chi connectivity index (χ0n) is 17.1. The summed E-state index contributed by atoms with van der Waals surface area (Å²) in [6.45, 7) is 0. The zero-order valence-corrected chi connectivity index (χ0v) is 35.2. The molecule has 0 aromatic heterocycles. The van der Waals surface area contributed by atoms with E-state index in [-0.39, 0.29) is 0 Å². The summed E-state index contributed by atoms with van der Waals surface area (Å²) in [4.78, 5) is 0. The summed E-state index contributed by atoms with van der Waals surface area (Å²) >= 11 is 162. The average Bonchev–Trinajstić information content (AvgIpc) is 2.57. The third kappa shape index (κ3) is 2.49. The molecule has 0 bridgehead atoms. The molecular weight excluding hydrogens is 1040 g/mol. The van der Waals surface area contributed by atoms with Crippen LogP contribution in [0.1, 0.15) is 0 Å². The van der Waals surface area contributed by atoms with Gasteiger partial charge in [0, 0.05) is 0 Å². The second-order valence-electron chi connectivity index (χ2n) is 9.98. The quantitative estimate of drug-likeness (QED) is 0.212. The predicted octanol–water partition coefficient (Wildman–Crippen LogP) is 14.9. The third-order valence-electron chi connectivity index (χ3n) is 10.2. The van der Waals surface area contributed by atoms with Crippen LogP contribution in [0, 0.1) is 43.3 Å². The fraction of sp³-hybridized carbons (Fsp3) is 1.00. The minimum Gasteiger partial charge on any atom is -0.0830 e. The maximum absolute atomic E-state index is 6.74.